The Morgan fingerprint density at radius 2 is 2.11 bits per heavy atom. The van der Waals surface area contributed by atoms with E-state index in [1.54, 1.807) is 4.90 Å². The Balaban J connectivity index is 2.06. The van der Waals surface area contributed by atoms with E-state index in [0.29, 0.717) is 13.1 Å². The molecule has 18 heavy (non-hydrogen) atoms. The summed E-state index contributed by atoms with van der Waals surface area (Å²) in [4.78, 5) is 13.9. The lowest BCUT2D eigenvalue weighted by molar-refractivity contribution is -0.135. The van der Waals surface area contributed by atoms with E-state index in [1.165, 1.54) is 0 Å². The second-order valence-electron chi connectivity index (χ2n) is 4.97. The van der Waals surface area contributed by atoms with Crippen molar-refractivity contribution in [2.45, 2.75) is 31.9 Å². The molecule has 4 heteroatoms. The maximum Gasteiger partial charge on any atom is 0.244 e. The van der Waals surface area contributed by atoms with Crippen molar-refractivity contribution in [3.8, 4) is 0 Å². The van der Waals surface area contributed by atoms with Gasteiger partial charge in [0.15, 0.2) is 0 Å². The molecule has 1 saturated heterocycles. The molecule has 1 unspecified atom stereocenters. The summed E-state index contributed by atoms with van der Waals surface area (Å²) in [6.07, 6.45) is 1.20. The van der Waals surface area contributed by atoms with Gasteiger partial charge in [-0.3, -0.25) is 4.79 Å². The number of carbonyl (C=O) groups excluding carboxylic acids is 1. The van der Waals surface area contributed by atoms with E-state index in [0.717, 1.165) is 24.0 Å². The first-order valence-corrected chi connectivity index (χ1v) is 6.37. The summed E-state index contributed by atoms with van der Waals surface area (Å²) in [5, 5.41) is 9.58. The topological polar surface area (TPSA) is 66.6 Å². The monoisotopic (exact) mass is 248 g/mol. The number of carbonyl (C=O) groups is 1. The fourth-order valence-electron chi connectivity index (χ4n) is 2.27. The normalized spacial score (nSPS) is 21.7. The van der Waals surface area contributed by atoms with Crippen molar-refractivity contribution in [3.63, 3.8) is 0 Å². The molecule has 0 aliphatic carbocycles. The second kappa shape index (κ2) is 5.50. The van der Waals surface area contributed by atoms with Crippen LogP contribution in [0.2, 0.25) is 0 Å². The van der Waals surface area contributed by atoms with Crippen LogP contribution in [0.5, 0.6) is 0 Å². The molecule has 1 heterocycles. The standard InChI is InChI=1S/C14H20N2O2/c1-10-4-6-11(7-5-10)13(15)14(18)16-8-2-3-12(17)9-16/h4-7,12-13,17H,2-3,8-9,15H2,1H3/t12-,13?/m0/s1. The molecule has 0 spiro atoms. The van der Waals surface area contributed by atoms with Crippen LogP contribution >= 0.6 is 0 Å². The summed E-state index contributed by atoms with van der Waals surface area (Å²) in [7, 11) is 0. The van der Waals surface area contributed by atoms with E-state index in [4.69, 9.17) is 5.73 Å². The quantitative estimate of drug-likeness (QED) is 0.820. The molecule has 0 saturated carbocycles. The van der Waals surface area contributed by atoms with Gasteiger partial charge < -0.3 is 15.7 Å². The summed E-state index contributed by atoms with van der Waals surface area (Å²) in [5.41, 5.74) is 7.96. The number of benzene rings is 1. The number of hydrogen-bond acceptors (Lipinski definition) is 3. The molecule has 2 rings (SSSR count). The van der Waals surface area contributed by atoms with Gasteiger partial charge in [-0.2, -0.15) is 0 Å². The van der Waals surface area contributed by atoms with Crippen LogP contribution in [0.1, 0.15) is 30.0 Å². The number of aryl methyl sites for hydroxylation is 1. The van der Waals surface area contributed by atoms with Crippen molar-refractivity contribution < 1.29 is 9.90 Å². The zero-order valence-electron chi connectivity index (χ0n) is 10.7. The van der Waals surface area contributed by atoms with Gasteiger partial charge in [0.25, 0.3) is 0 Å². The highest BCUT2D eigenvalue weighted by molar-refractivity contribution is 5.83. The summed E-state index contributed by atoms with van der Waals surface area (Å²) in [6.45, 7) is 3.09. The van der Waals surface area contributed by atoms with Crippen molar-refractivity contribution in [1.29, 1.82) is 0 Å². The molecule has 2 atom stereocenters. The SMILES string of the molecule is Cc1ccc(C(N)C(=O)N2CCC[C@H](O)C2)cc1. The summed E-state index contributed by atoms with van der Waals surface area (Å²) < 4.78 is 0. The van der Waals surface area contributed by atoms with Crippen LogP contribution in [0.3, 0.4) is 0 Å². The first-order valence-electron chi connectivity index (χ1n) is 6.37. The third-order valence-corrected chi connectivity index (χ3v) is 3.41. The van der Waals surface area contributed by atoms with Gasteiger partial charge in [0, 0.05) is 13.1 Å². The number of piperidine rings is 1. The number of hydrogen-bond donors (Lipinski definition) is 2. The Bertz CT molecular complexity index is 416. The molecule has 3 N–H and O–H groups in total. The molecule has 1 aromatic rings. The van der Waals surface area contributed by atoms with Crippen LogP contribution in [-0.2, 0) is 4.79 Å². The number of nitrogens with zero attached hydrogens (tertiary/aromatic N) is 1. The number of rotatable bonds is 2. The summed E-state index contributed by atoms with van der Waals surface area (Å²) in [6, 6.07) is 7.05. The van der Waals surface area contributed by atoms with Crippen molar-refractivity contribution in [2.24, 2.45) is 5.73 Å². The fourth-order valence-corrected chi connectivity index (χ4v) is 2.27. The minimum Gasteiger partial charge on any atom is -0.391 e. The Morgan fingerprint density at radius 1 is 1.44 bits per heavy atom. The molecule has 98 valence electrons. The van der Waals surface area contributed by atoms with Gasteiger partial charge in [0.2, 0.25) is 5.91 Å². The molecule has 1 aliphatic heterocycles. The van der Waals surface area contributed by atoms with Crippen LogP contribution in [0.25, 0.3) is 0 Å². The Morgan fingerprint density at radius 3 is 2.72 bits per heavy atom. The lowest BCUT2D eigenvalue weighted by Gasteiger charge is -2.32. The largest absolute Gasteiger partial charge is 0.391 e. The Labute approximate surface area is 107 Å². The number of aliphatic hydroxyl groups excluding tert-OH is 1. The molecular formula is C14H20N2O2. The number of likely N-dealkylation sites (tertiary alicyclic amines) is 1. The lowest BCUT2D eigenvalue weighted by atomic mass is 10.0. The molecule has 1 aliphatic rings. The minimum atomic E-state index is -0.629. The fraction of sp³-hybridized carbons (Fsp3) is 0.500. The van der Waals surface area contributed by atoms with E-state index < -0.39 is 12.1 Å². The Kier molecular flexibility index (Phi) is 3.99. The number of nitrogens with two attached hydrogens (primary N) is 1. The molecule has 1 aromatic carbocycles. The highest BCUT2D eigenvalue weighted by Crippen LogP contribution is 2.17. The minimum absolute atomic E-state index is 0.0994. The summed E-state index contributed by atoms with van der Waals surface area (Å²) >= 11 is 0. The van der Waals surface area contributed by atoms with Crippen LogP contribution in [0.4, 0.5) is 0 Å². The first-order chi connectivity index (χ1) is 8.58. The van der Waals surface area contributed by atoms with Gasteiger partial charge in [-0.05, 0) is 25.3 Å². The molecular weight excluding hydrogens is 228 g/mol. The molecule has 0 bridgehead atoms. The zero-order chi connectivity index (χ0) is 13.1. The maximum absolute atomic E-state index is 12.2. The van der Waals surface area contributed by atoms with Crippen molar-refractivity contribution in [1.82, 2.24) is 4.90 Å². The Hall–Kier alpha value is -1.39. The third kappa shape index (κ3) is 2.89. The summed E-state index contributed by atoms with van der Waals surface area (Å²) in [5.74, 6) is -0.0994. The van der Waals surface area contributed by atoms with E-state index in [2.05, 4.69) is 0 Å². The zero-order valence-corrected chi connectivity index (χ0v) is 10.7. The first kappa shape index (κ1) is 13.1. The van der Waals surface area contributed by atoms with Crippen molar-refractivity contribution >= 4 is 5.91 Å². The van der Waals surface area contributed by atoms with Crippen LogP contribution in [-0.4, -0.2) is 35.1 Å². The number of amides is 1. The van der Waals surface area contributed by atoms with Crippen LogP contribution in [0.15, 0.2) is 24.3 Å². The predicted molar refractivity (Wildman–Crippen MR) is 69.9 cm³/mol. The van der Waals surface area contributed by atoms with E-state index in [1.807, 2.05) is 31.2 Å². The van der Waals surface area contributed by atoms with E-state index >= 15 is 0 Å². The third-order valence-electron chi connectivity index (χ3n) is 3.41. The van der Waals surface area contributed by atoms with Gasteiger partial charge in [-0.1, -0.05) is 29.8 Å². The van der Waals surface area contributed by atoms with Gasteiger partial charge in [0.05, 0.1) is 6.10 Å². The van der Waals surface area contributed by atoms with E-state index in [9.17, 15) is 9.90 Å². The van der Waals surface area contributed by atoms with E-state index in [-0.39, 0.29) is 5.91 Å². The van der Waals surface area contributed by atoms with Gasteiger partial charge in [-0.15, -0.1) is 0 Å². The average molecular weight is 248 g/mol. The van der Waals surface area contributed by atoms with Gasteiger partial charge in [0.1, 0.15) is 6.04 Å². The molecule has 0 aromatic heterocycles. The smallest absolute Gasteiger partial charge is 0.244 e. The molecule has 1 fully saturated rings. The number of aliphatic hydroxyl groups is 1. The van der Waals surface area contributed by atoms with Crippen LogP contribution < -0.4 is 5.73 Å². The lowest BCUT2D eigenvalue weighted by Crippen LogP contribution is -2.46. The van der Waals surface area contributed by atoms with Gasteiger partial charge in [-0.25, -0.2) is 0 Å². The molecule has 4 nitrogen and oxygen atoms in total. The highest BCUT2D eigenvalue weighted by Gasteiger charge is 2.26. The molecule has 1 amide bonds. The predicted octanol–water partition coefficient (Wildman–Crippen LogP) is 0.978. The van der Waals surface area contributed by atoms with Crippen molar-refractivity contribution in [3.05, 3.63) is 35.4 Å². The second-order valence-corrected chi connectivity index (χ2v) is 4.97. The maximum atomic E-state index is 12.2. The van der Waals surface area contributed by atoms with Crippen LogP contribution in [0, 0.1) is 6.92 Å². The molecule has 0 radical (unpaired) electrons. The number of β-amino-alcohol motifs (C(OH)–C–C–N with tert-alkyl or cyclic N) is 1. The van der Waals surface area contributed by atoms with Crippen molar-refractivity contribution in [2.75, 3.05) is 13.1 Å². The van der Waals surface area contributed by atoms with Gasteiger partial charge >= 0.3 is 0 Å². The highest BCUT2D eigenvalue weighted by atomic mass is 16.3. The average Bonchev–Trinajstić information content (AvgIpc) is 2.38.